The zero-order valence-corrected chi connectivity index (χ0v) is 6.58. The summed E-state index contributed by atoms with van der Waals surface area (Å²) < 4.78 is 0. The van der Waals surface area contributed by atoms with E-state index >= 15 is 0 Å². The summed E-state index contributed by atoms with van der Waals surface area (Å²) in [6.07, 6.45) is 2.53. The van der Waals surface area contributed by atoms with E-state index in [1.165, 1.54) is 0 Å². The number of hydrogen-bond donors (Lipinski definition) is 3. The van der Waals surface area contributed by atoms with Crippen LogP contribution in [0.1, 0.15) is 19.3 Å². The van der Waals surface area contributed by atoms with Gasteiger partial charge < -0.3 is 15.9 Å². The maximum absolute atomic E-state index is 8.83. The quantitative estimate of drug-likeness (QED) is 0.528. The molecule has 1 aliphatic carbocycles. The van der Waals surface area contributed by atoms with Gasteiger partial charge in [0.05, 0.1) is 6.61 Å². The first-order valence-corrected chi connectivity index (χ1v) is 3.96. The van der Waals surface area contributed by atoms with E-state index in [-0.39, 0.29) is 13.2 Å². The van der Waals surface area contributed by atoms with Crippen LogP contribution < -0.4 is 5.73 Å². The second-order valence-electron chi connectivity index (χ2n) is 3.08. The fourth-order valence-electron chi connectivity index (χ4n) is 1.43. The van der Waals surface area contributed by atoms with Gasteiger partial charge in [-0.25, -0.2) is 0 Å². The summed E-state index contributed by atoms with van der Waals surface area (Å²) in [4.78, 5) is 0. The van der Waals surface area contributed by atoms with Gasteiger partial charge in [-0.05, 0) is 30.8 Å². The number of allylic oxidation sites excluding steroid dienone is 1. The molecule has 1 unspecified atom stereocenters. The zero-order chi connectivity index (χ0) is 8.27. The third-order valence-electron chi connectivity index (χ3n) is 2.27. The van der Waals surface area contributed by atoms with Gasteiger partial charge in [0.1, 0.15) is 0 Å². The number of aliphatic hydroxyl groups excluding tert-OH is 2. The lowest BCUT2D eigenvalue weighted by molar-refractivity contribution is 0.208. The number of aliphatic hydroxyl groups is 2. The van der Waals surface area contributed by atoms with Gasteiger partial charge in [-0.2, -0.15) is 0 Å². The minimum atomic E-state index is 0.0734. The lowest BCUT2D eigenvalue weighted by atomic mass is 9.88. The Morgan fingerprint density at radius 2 is 2.18 bits per heavy atom. The van der Waals surface area contributed by atoms with Crippen molar-refractivity contribution in [1.29, 1.82) is 0 Å². The molecule has 1 atom stereocenters. The first-order valence-electron chi connectivity index (χ1n) is 3.96. The molecule has 64 valence electrons. The van der Waals surface area contributed by atoms with Crippen LogP contribution in [0.15, 0.2) is 11.3 Å². The minimum Gasteiger partial charge on any atom is -0.402 e. The lowest BCUT2D eigenvalue weighted by Crippen LogP contribution is -2.19. The highest BCUT2D eigenvalue weighted by molar-refractivity contribution is 5.15. The topological polar surface area (TPSA) is 66.5 Å². The van der Waals surface area contributed by atoms with Crippen molar-refractivity contribution < 1.29 is 10.2 Å². The highest BCUT2D eigenvalue weighted by atomic mass is 16.3. The molecule has 0 bridgehead atoms. The highest BCUT2D eigenvalue weighted by Gasteiger charge is 2.17. The largest absolute Gasteiger partial charge is 0.402 e. The Morgan fingerprint density at radius 3 is 2.64 bits per heavy atom. The SMILES string of the molecule is NC1=C(CO)CCC(CO)C1. The second kappa shape index (κ2) is 3.74. The second-order valence-corrected chi connectivity index (χ2v) is 3.08. The van der Waals surface area contributed by atoms with Gasteiger partial charge in [-0.1, -0.05) is 0 Å². The minimum absolute atomic E-state index is 0.0734. The predicted octanol–water partition coefficient (Wildman–Crippen LogP) is -0.0161. The van der Waals surface area contributed by atoms with Crippen LogP contribution in [0.25, 0.3) is 0 Å². The first kappa shape index (κ1) is 8.56. The van der Waals surface area contributed by atoms with E-state index in [4.69, 9.17) is 15.9 Å². The molecule has 11 heavy (non-hydrogen) atoms. The third kappa shape index (κ3) is 1.94. The maximum Gasteiger partial charge on any atom is 0.0661 e. The summed E-state index contributed by atoms with van der Waals surface area (Å²) in [5.74, 6) is 0.310. The first-order chi connectivity index (χ1) is 5.27. The van der Waals surface area contributed by atoms with Crippen molar-refractivity contribution in [2.45, 2.75) is 19.3 Å². The van der Waals surface area contributed by atoms with Crippen molar-refractivity contribution in [2.75, 3.05) is 13.2 Å². The summed E-state index contributed by atoms with van der Waals surface area (Å²) in [6.45, 7) is 0.281. The molecule has 1 rings (SSSR count). The summed E-state index contributed by atoms with van der Waals surface area (Å²) in [7, 11) is 0. The standard InChI is InChI=1S/C8H15NO2/c9-8-3-6(4-10)1-2-7(8)5-11/h6,10-11H,1-5,9H2. The van der Waals surface area contributed by atoms with Gasteiger partial charge in [0.25, 0.3) is 0 Å². The Morgan fingerprint density at radius 1 is 1.45 bits per heavy atom. The molecule has 0 amide bonds. The fourth-order valence-corrected chi connectivity index (χ4v) is 1.43. The predicted molar refractivity (Wildman–Crippen MR) is 42.7 cm³/mol. The molecule has 0 spiro atoms. The van der Waals surface area contributed by atoms with Crippen LogP contribution in [0.5, 0.6) is 0 Å². The Kier molecular flexibility index (Phi) is 2.91. The molecule has 0 saturated carbocycles. The van der Waals surface area contributed by atoms with E-state index in [1.54, 1.807) is 0 Å². The molecule has 0 aromatic carbocycles. The highest BCUT2D eigenvalue weighted by Crippen LogP contribution is 2.25. The van der Waals surface area contributed by atoms with Crippen molar-refractivity contribution in [3.8, 4) is 0 Å². The van der Waals surface area contributed by atoms with Crippen LogP contribution in [-0.2, 0) is 0 Å². The zero-order valence-electron chi connectivity index (χ0n) is 6.58. The average molecular weight is 157 g/mol. The normalized spacial score (nSPS) is 25.8. The van der Waals surface area contributed by atoms with Crippen molar-refractivity contribution >= 4 is 0 Å². The molecule has 3 heteroatoms. The maximum atomic E-state index is 8.83. The smallest absolute Gasteiger partial charge is 0.0661 e. The van der Waals surface area contributed by atoms with Crippen LogP contribution in [0.4, 0.5) is 0 Å². The molecule has 3 nitrogen and oxygen atoms in total. The van der Waals surface area contributed by atoms with E-state index < -0.39 is 0 Å². The molecule has 0 heterocycles. The molecule has 0 aromatic heterocycles. The van der Waals surface area contributed by atoms with E-state index in [0.717, 1.165) is 30.5 Å². The van der Waals surface area contributed by atoms with Crippen molar-refractivity contribution in [3.05, 3.63) is 11.3 Å². The van der Waals surface area contributed by atoms with Gasteiger partial charge in [-0.3, -0.25) is 0 Å². The van der Waals surface area contributed by atoms with Crippen molar-refractivity contribution in [1.82, 2.24) is 0 Å². The Labute approximate surface area is 66.5 Å². The molecule has 1 aliphatic rings. The summed E-state index contributed by atoms with van der Waals surface area (Å²) in [6, 6.07) is 0. The fraction of sp³-hybridized carbons (Fsp3) is 0.750. The molecule has 0 radical (unpaired) electrons. The lowest BCUT2D eigenvalue weighted by Gasteiger charge is -2.22. The number of hydrogen-bond acceptors (Lipinski definition) is 3. The van der Waals surface area contributed by atoms with Gasteiger partial charge in [0.15, 0.2) is 0 Å². The average Bonchev–Trinajstić information content (AvgIpc) is 2.04. The number of nitrogens with two attached hydrogens (primary N) is 1. The molecule has 0 aliphatic heterocycles. The van der Waals surface area contributed by atoms with Crippen LogP contribution >= 0.6 is 0 Å². The van der Waals surface area contributed by atoms with Gasteiger partial charge in [-0.15, -0.1) is 0 Å². The van der Waals surface area contributed by atoms with E-state index in [2.05, 4.69) is 0 Å². The molecule has 0 fully saturated rings. The third-order valence-corrected chi connectivity index (χ3v) is 2.27. The van der Waals surface area contributed by atoms with Gasteiger partial charge in [0.2, 0.25) is 0 Å². The summed E-state index contributed by atoms with van der Waals surface area (Å²) in [5.41, 5.74) is 7.39. The van der Waals surface area contributed by atoms with E-state index in [1.807, 2.05) is 0 Å². The van der Waals surface area contributed by atoms with Gasteiger partial charge in [0, 0.05) is 12.3 Å². The Hall–Kier alpha value is -0.540. The van der Waals surface area contributed by atoms with Gasteiger partial charge >= 0.3 is 0 Å². The van der Waals surface area contributed by atoms with E-state index in [0.29, 0.717) is 5.92 Å². The van der Waals surface area contributed by atoms with Crippen LogP contribution in [-0.4, -0.2) is 23.4 Å². The monoisotopic (exact) mass is 157 g/mol. The molecule has 0 saturated heterocycles. The van der Waals surface area contributed by atoms with Crippen LogP contribution in [0.2, 0.25) is 0 Å². The summed E-state index contributed by atoms with van der Waals surface area (Å²) in [5, 5.41) is 17.6. The van der Waals surface area contributed by atoms with Crippen molar-refractivity contribution in [3.63, 3.8) is 0 Å². The van der Waals surface area contributed by atoms with E-state index in [9.17, 15) is 0 Å². The molecule has 4 N–H and O–H groups in total. The number of rotatable bonds is 2. The Bertz CT molecular complexity index is 165. The van der Waals surface area contributed by atoms with Crippen LogP contribution in [0, 0.1) is 5.92 Å². The van der Waals surface area contributed by atoms with Crippen LogP contribution in [0.3, 0.4) is 0 Å². The van der Waals surface area contributed by atoms with Crippen molar-refractivity contribution in [2.24, 2.45) is 11.7 Å². The molecule has 0 aromatic rings. The molecular formula is C8H15NO2. The molecular weight excluding hydrogens is 142 g/mol. The summed E-state index contributed by atoms with van der Waals surface area (Å²) >= 11 is 0. The Balaban J connectivity index is 2.56.